The molecule has 2 heterocycles. The minimum atomic E-state index is 0.116. The molecular weight excluding hydrogens is 332 g/mol. The smallest absolute Gasteiger partial charge is 0.0786 e. The maximum Gasteiger partial charge on any atom is 0.0786 e. The van der Waals surface area contributed by atoms with E-state index in [4.69, 9.17) is 16.4 Å². The van der Waals surface area contributed by atoms with E-state index in [1.54, 1.807) is 0 Å². The van der Waals surface area contributed by atoms with Crippen molar-refractivity contribution in [1.29, 1.82) is 0 Å². The van der Waals surface area contributed by atoms with Crippen LogP contribution in [0.25, 0.3) is 0 Å². The molecule has 1 atom stereocenters. The molecule has 0 saturated heterocycles. The molecule has 2 rings (SSSR count). The number of halogens is 1. The first-order valence-corrected chi connectivity index (χ1v) is 9.22. The van der Waals surface area contributed by atoms with Crippen LogP contribution in [-0.4, -0.2) is 12.1 Å². The van der Waals surface area contributed by atoms with Crippen LogP contribution in [0.1, 0.15) is 40.5 Å². The molecule has 2 aliphatic rings. The van der Waals surface area contributed by atoms with Gasteiger partial charge in [0, 0.05) is 17.9 Å². The third-order valence-corrected chi connectivity index (χ3v) is 4.77. The molecule has 0 aromatic rings. The Labute approximate surface area is 156 Å². The lowest BCUT2D eigenvalue weighted by Crippen LogP contribution is -2.41. The fourth-order valence-corrected chi connectivity index (χ4v) is 3.43. The third-order valence-electron chi connectivity index (χ3n) is 4.34. The highest BCUT2D eigenvalue weighted by Gasteiger charge is 2.27. The zero-order chi connectivity index (χ0) is 18.3. The zero-order valence-electron chi connectivity index (χ0n) is 15.6. The Balaban J connectivity index is 2.16. The number of allylic oxidation sites excluding steroid dienone is 9. The van der Waals surface area contributed by atoms with E-state index < -0.39 is 0 Å². The van der Waals surface area contributed by atoms with Crippen LogP contribution in [-0.2, 0) is 4.84 Å². The quantitative estimate of drug-likeness (QED) is 0.655. The van der Waals surface area contributed by atoms with Crippen molar-refractivity contribution in [3.8, 4) is 0 Å². The molecule has 0 saturated carbocycles. The van der Waals surface area contributed by atoms with Crippen molar-refractivity contribution >= 4 is 11.6 Å². The van der Waals surface area contributed by atoms with E-state index in [9.17, 15) is 0 Å². The number of hydrogen-bond donors (Lipinski definition) is 2. The molecule has 2 N–H and O–H groups in total. The molecule has 0 fully saturated rings. The van der Waals surface area contributed by atoms with Crippen molar-refractivity contribution in [2.75, 3.05) is 6.61 Å². The summed E-state index contributed by atoms with van der Waals surface area (Å²) >= 11 is 6.73. The highest BCUT2D eigenvalue weighted by Crippen LogP contribution is 2.34. The van der Waals surface area contributed by atoms with Gasteiger partial charge in [-0.25, -0.2) is 0 Å². The predicted molar refractivity (Wildman–Crippen MR) is 107 cm³/mol. The predicted octanol–water partition coefficient (Wildman–Crippen LogP) is 5.27. The van der Waals surface area contributed by atoms with Crippen LogP contribution in [0, 0.1) is 5.92 Å². The summed E-state index contributed by atoms with van der Waals surface area (Å²) in [5.74, 6) is 0.423. The van der Waals surface area contributed by atoms with Crippen molar-refractivity contribution in [2.24, 2.45) is 5.92 Å². The standard InChI is InChI=1S/C21H29ClN2O/c1-5-8-18(10-7-6-9-17-11-12-25-24-14-17)20(22)19-15-23-21(3,4)13-16(19)2/h5-10,14-16,23-24H,11-13H2,1-4H3/b8-5+,9-6-,10-7+,20-18-. The minimum Gasteiger partial charge on any atom is -0.386 e. The highest BCUT2D eigenvalue weighted by molar-refractivity contribution is 6.32. The van der Waals surface area contributed by atoms with Gasteiger partial charge in [-0.05, 0) is 56.3 Å². The van der Waals surface area contributed by atoms with Gasteiger partial charge in [-0.2, -0.15) is 0 Å². The lowest BCUT2D eigenvalue weighted by Gasteiger charge is -2.35. The van der Waals surface area contributed by atoms with Crippen molar-refractivity contribution in [3.63, 3.8) is 0 Å². The van der Waals surface area contributed by atoms with Gasteiger partial charge in [0.2, 0.25) is 0 Å². The average molecular weight is 361 g/mol. The third kappa shape index (κ3) is 5.94. The summed E-state index contributed by atoms with van der Waals surface area (Å²) in [5, 5.41) is 4.27. The molecule has 2 aliphatic heterocycles. The van der Waals surface area contributed by atoms with E-state index in [0.29, 0.717) is 12.5 Å². The monoisotopic (exact) mass is 360 g/mol. The molecule has 0 radical (unpaired) electrons. The zero-order valence-corrected chi connectivity index (χ0v) is 16.4. The van der Waals surface area contributed by atoms with Crippen molar-refractivity contribution in [2.45, 2.75) is 46.1 Å². The fourth-order valence-electron chi connectivity index (χ4n) is 3.06. The van der Waals surface area contributed by atoms with E-state index in [2.05, 4.69) is 56.0 Å². The van der Waals surface area contributed by atoms with E-state index in [0.717, 1.165) is 23.4 Å². The van der Waals surface area contributed by atoms with Crippen molar-refractivity contribution in [1.82, 2.24) is 10.8 Å². The summed E-state index contributed by atoms with van der Waals surface area (Å²) in [4.78, 5) is 5.07. The van der Waals surface area contributed by atoms with Gasteiger partial charge in [0.25, 0.3) is 0 Å². The molecule has 0 aliphatic carbocycles. The van der Waals surface area contributed by atoms with E-state index in [1.165, 1.54) is 11.1 Å². The molecule has 0 spiro atoms. The summed E-state index contributed by atoms with van der Waals surface area (Å²) < 4.78 is 0. The van der Waals surface area contributed by atoms with Crippen LogP contribution in [0.15, 0.2) is 70.6 Å². The average Bonchev–Trinajstić information content (AvgIpc) is 2.57. The van der Waals surface area contributed by atoms with Gasteiger partial charge in [0.05, 0.1) is 11.6 Å². The van der Waals surface area contributed by atoms with Crippen LogP contribution >= 0.6 is 11.6 Å². The maximum absolute atomic E-state index is 6.73. The molecule has 0 aromatic heterocycles. The molecule has 136 valence electrons. The Morgan fingerprint density at radius 1 is 1.28 bits per heavy atom. The fraction of sp³-hybridized carbons (Fsp3) is 0.429. The van der Waals surface area contributed by atoms with Gasteiger partial charge in [-0.3, -0.25) is 10.3 Å². The second-order valence-corrected chi connectivity index (χ2v) is 7.53. The van der Waals surface area contributed by atoms with Gasteiger partial charge in [-0.15, -0.1) is 0 Å². The highest BCUT2D eigenvalue weighted by atomic mass is 35.5. The summed E-state index contributed by atoms with van der Waals surface area (Å²) in [6, 6.07) is 0. The summed E-state index contributed by atoms with van der Waals surface area (Å²) in [7, 11) is 0. The number of nitrogens with one attached hydrogen (secondary N) is 2. The van der Waals surface area contributed by atoms with Crippen molar-refractivity contribution < 1.29 is 4.84 Å². The van der Waals surface area contributed by atoms with E-state index >= 15 is 0 Å². The molecule has 0 bridgehead atoms. The lowest BCUT2D eigenvalue weighted by molar-refractivity contribution is 0.0635. The molecule has 25 heavy (non-hydrogen) atoms. The second-order valence-electron chi connectivity index (χ2n) is 7.16. The maximum atomic E-state index is 6.73. The Morgan fingerprint density at radius 3 is 2.72 bits per heavy atom. The molecule has 0 aromatic carbocycles. The Morgan fingerprint density at radius 2 is 2.08 bits per heavy atom. The lowest BCUT2D eigenvalue weighted by atomic mass is 9.83. The topological polar surface area (TPSA) is 33.3 Å². The molecule has 1 unspecified atom stereocenters. The minimum absolute atomic E-state index is 0.116. The second kappa shape index (κ2) is 9.12. The first-order valence-electron chi connectivity index (χ1n) is 8.84. The first-order chi connectivity index (χ1) is 11.9. The molecular formula is C21H29ClN2O. The van der Waals surface area contributed by atoms with Crippen LogP contribution in [0.2, 0.25) is 0 Å². The van der Waals surface area contributed by atoms with Gasteiger partial charge >= 0.3 is 0 Å². The van der Waals surface area contributed by atoms with Crippen LogP contribution in [0.3, 0.4) is 0 Å². The summed E-state index contributed by atoms with van der Waals surface area (Å²) in [5.41, 5.74) is 6.30. The largest absolute Gasteiger partial charge is 0.386 e. The summed E-state index contributed by atoms with van der Waals surface area (Å²) in [6.07, 6.45) is 18.2. The Bertz CT molecular complexity index is 651. The Hall–Kier alpha value is -1.71. The van der Waals surface area contributed by atoms with Gasteiger partial charge in [0.15, 0.2) is 0 Å². The Kier molecular flexibility index (Phi) is 7.15. The normalized spacial score (nSPS) is 24.8. The van der Waals surface area contributed by atoms with E-state index in [1.807, 2.05) is 31.4 Å². The van der Waals surface area contributed by atoms with Crippen LogP contribution < -0.4 is 10.8 Å². The first kappa shape index (κ1) is 19.6. The SMILES string of the molecule is C/C=C/C(/C=C/C=C\C1=CNOCC1)=C(/Cl)C1=CNC(C)(C)CC1C. The van der Waals surface area contributed by atoms with E-state index in [-0.39, 0.29) is 5.54 Å². The number of rotatable bonds is 5. The summed E-state index contributed by atoms with van der Waals surface area (Å²) in [6.45, 7) is 9.37. The number of hydroxylamine groups is 1. The van der Waals surface area contributed by atoms with Crippen LogP contribution in [0.5, 0.6) is 0 Å². The molecule has 0 amide bonds. The van der Waals surface area contributed by atoms with Gasteiger partial charge in [-0.1, -0.05) is 55.0 Å². The molecule has 3 nitrogen and oxygen atoms in total. The van der Waals surface area contributed by atoms with Gasteiger partial charge < -0.3 is 5.32 Å². The van der Waals surface area contributed by atoms with Crippen molar-refractivity contribution in [3.05, 3.63) is 70.6 Å². The van der Waals surface area contributed by atoms with Gasteiger partial charge in [0.1, 0.15) is 0 Å². The molecule has 4 heteroatoms. The number of hydrogen-bond acceptors (Lipinski definition) is 3. The van der Waals surface area contributed by atoms with Crippen LogP contribution in [0.4, 0.5) is 0 Å².